The van der Waals surface area contributed by atoms with Gasteiger partial charge in [0.15, 0.2) is 5.75 Å². The predicted octanol–water partition coefficient (Wildman–Crippen LogP) is 2.08. The van der Waals surface area contributed by atoms with Crippen LogP contribution >= 0.6 is 0 Å². The van der Waals surface area contributed by atoms with Crippen molar-refractivity contribution in [1.82, 2.24) is 9.78 Å². The molecule has 0 aliphatic carbocycles. The van der Waals surface area contributed by atoms with Crippen molar-refractivity contribution in [3.63, 3.8) is 0 Å². The van der Waals surface area contributed by atoms with Crippen molar-refractivity contribution >= 4 is 6.47 Å². The van der Waals surface area contributed by atoms with Crippen LogP contribution in [0.1, 0.15) is 17.0 Å². The predicted molar refractivity (Wildman–Crippen MR) is 63.9 cm³/mol. The van der Waals surface area contributed by atoms with E-state index in [0.717, 1.165) is 17.0 Å². The van der Waals surface area contributed by atoms with E-state index in [0.29, 0.717) is 18.8 Å². The number of aryl methyl sites for hydroxylation is 1. The molecule has 0 atom stereocenters. The molecule has 0 unspecified atom stereocenters. The molecule has 2 aromatic rings. The molecule has 2 rings (SSSR count). The Morgan fingerprint density at radius 3 is 2.65 bits per heavy atom. The van der Waals surface area contributed by atoms with Gasteiger partial charge in [-0.25, -0.2) is 0 Å². The van der Waals surface area contributed by atoms with Crippen molar-refractivity contribution in [3.05, 3.63) is 47.3 Å². The third-order valence-electron chi connectivity index (χ3n) is 2.66. The fraction of sp³-hybridized carbons (Fsp3) is 0.231. The van der Waals surface area contributed by atoms with E-state index in [2.05, 4.69) is 5.10 Å². The lowest BCUT2D eigenvalue weighted by Gasteiger charge is -2.04. The molecular formula is C13H14N2O2. The fourth-order valence-corrected chi connectivity index (χ4v) is 1.81. The third kappa shape index (κ3) is 2.36. The quantitative estimate of drug-likeness (QED) is 0.755. The maximum atomic E-state index is 10.4. The average Bonchev–Trinajstić information content (AvgIpc) is 2.59. The van der Waals surface area contributed by atoms with Crippen molar-refractivity contribution in [2.75, 3.05) is 0 Å². The molecule has 0 fully saturated rings. The topological polar surface area (TPSA) is 44.1 Å². The van der Waals surface area contributed by atoms with Gasteiger partial charge in [-0.05, 0) is 19.4 Å². The summed E-state index contributed by atoms with van der Waals surface area (Å²) in [6.45, 7) is 4.83. The Balaban J connectivity index is 2.28. The Labute approximate surface area is 99.8 Å². The molecule has 88 valence electrons. The first-order valence-electron chi connectivity index (χ1n) is 5.40. The van der Waals surface area contributed by atoms with Gasteiger partial charge in [-0.2, -0.15) is 5.10 Å². The van der Waals surface area contributed by atoms with Crippen molar-refractivity contribution in [2.45, 2.75) is 20.4 Å². The maximum absolute atomic E-state index is 10.4. The van der Waals surface area contributed by atoms with Crippen LogP contribution in [0, 0.1) is 13.8 Å². The molecule has 1 heterocycles. The van der Waals surface area contributed by atoms with E-state index in [1.807, 2.05) is 48.9 Å². The van der Waals surface area contributed by atoms with E-state index >= 15 is 0 Å². The number of hydrogen-bond acceptors (Lipinski definition) is 3. The SMILES string of the molecule is Cc1nn(Cc2ccccc2)c(C)c1OC=O. The van der Waals surface area contributed by atoms with Crippen LogP contribution in [0.25, 0.3) is 0 Å². The van der Waals surface area contributed by atoms with Gasteiger partial charge >= 0.3 is 0 Å². The van der Waals surface area contributed by atoms with Gasteiger partial charge in [0.2, 0.25) is 0 Å². The smallest absolute Gasteiger partial charge is 0.298 e. The lowest BCUT2D eigenvalue weighted by atomic mass is 10.2. The normalized spacial score (nSPS) is 10.2. The Kier molecular flexibility index (Phi) is 3.23. The molecular weight excluding hydrogens is 216 g/mol. The molecule has 0 spiro atoms. The first-order valence-corrected chi connectivity index (χ1v) is 5.40. The van der Waals surface area contributed by atoms with Crippen LogP contribution < -0.4 is 4.74 Å². The first-order chi connectivity index (χ1) is 8.22. The van der Waals surface area contributed by atoms with Crippen molar-refractivity contribution in [3.8, 4) is 5.75 Å². The summed E-state index contributed by atoms with van der Waals surface area (Å²) in [6, 6.07) is 10.0. The second kappa shape index (κ2) is 4.82. The minimum absolute atomic E-state index is 0.434. The van der Waals surface area contributed by atoms with E-state index in [-0.39, 0.29) is 0 Å². The fourth-order valence-electron chi connectivity index (χ4n) is 1.81. The monoisotopic (exact) mass is 230 g/mol. The lowest BCUT2D eigenvalue weighted by Crippen LogP contribution is -2.04. The van der Waals surface area contributed by atoms with Crippen LogP contribution in [-0.2, 0) is 11.3 Å². The third-order valence-corrected chi connectivity index (χ3v) is 2.66. The van der Waals surface area contributed by atoms with Crippen LogP contribution in [0.4, 0.5) is 0 Å². The summed E-state index contributed by atoms with van der Waals surface area (Å²) in [4.78, 5) is 10.4. The van der Waals surface area contributed by atoms with Crippen LogP contribution in [0.3, 0.4) is 0 Å². The van der Waals surface area contributed by atoms with Crippen molar-refractivity contribution in [1.29, 1.82) is 0 Å². The standard InChI is InChI=1S/C13H14N2O2/c1-10-13(17-9-16)11(2)15(14-10)8-12-6-4-3-5-7-12/h3-7,9H,8H2,1-2H3. The Bertz CT molecular complexity index is 518. The molecule has 0 aliphatic rings. The second-order valence-electron chi connectivity index (χ2n) is 3.86. The minimum Gasteiger partial charge on any atom is -0.425 e. The van der Waals surface area contributed by atoms with E-state index < -0.39 is 0 Å². The summed E-state index contributed by atoms with van der Waals surface area (Å²) in [5, 5.41) is 4.36. The highest BCUT2D eigenvalue weighted by Gasteiger charge is 2.12. The van der Waals surface area contributed by atoms with E-state index in [4.69, 9.17) is 4.74 Å². The van der Waals surface area contributed by atoms with Gasteiger partial charge in [0.25, 0.3) is 6.47 Å². The summed E-state index contributed by atoms with van der Waals surface area (Å²) >= 11 is 0. The molecule has 0 N–H and O–H groups in total. The van der Waals surface area contributed by atoms with Crippen LogP contribution in [-0.4, -0.2) is 16.3 Å². The number of hydrogen-bond donors (Lipinski definition) is 0. The summed E-state index contributed by atoms with van der Waals surface area (Å²) in [7, 11) is 0. The number of ether oxygens (including phenoxy) is 1. The van der Waals surface area contributed by atoms with Gasteiger partial charge in [-0.1, -0.05) is 30.3 Å². The number of carbonyl (C=O) groups excluding carboxylic acids is 1. The Morgan fingerprint density at radius 1 is 1.29 bits per heavy atom. The van der Waals surface area contributed by atoms with Gasteiger partial charge < -0.3 is 4.74 Å². The summed E-state index contributed by atoms with van der Waals surface area (Å²) in [5.74, 6) is 0.552. The molecule has 17 heavy (non-hydrogen) atoms. The maximum Gasteiger partial charge on any atom is 0.298 e. The molecule has 4 nitrogen and oxygen atoms in total. The van der Waals surface area contributed by atoms with Gasteiger partial charge in [0.1, 0.15) is 5.69 Å². The molecule has 1 aromatic heterocycles. The summed E-state index contributed by atoms with van der Waals surface area (Å²) in [6.07, 6.45) is 0. The second-order valence-corrected chi connectivity index (χ2v) is 3.86. The minimum atomic E-state index is 0.434. The molecule has 0 radical (unpaired) electrons. The van der Waals surface area contributed by atoms with E-state index in [1.54, 1.807) is 0 Å². The Morgan fingerprint density at radius 2 is 2.00 bits per heavy atom. The van der Waals surface area contributed by atoms with Crippen molar-refractivity contribution in [2.24, 2.45) is 0 Å². The number of benzene rings is 1. The van der Waals surface area contributed by atoms with Crippen LogP contribution in [0.5, 0.6) is 5.75 Å². The molecule has 0 saturated heterocycles. The van der Waals surface area contributed by atoms with Crippen LogP contribution in [0.15, 0.2) is 30.3 Å². The molecule has 4 heteroatoms. The largest absolute Gasteiger partial charge is 0.425 e. The zero-order valence-electron chi connectivity index (χ0n) is 9.88. The highest BCUT2D eigenvalue weighted by Crippen LogP contribution is 2.22. The van der Waals surface area contributed by atoms with Crippen LogP contribution in [0.2, 0.25) is 0 Å². The molecule has 0 saturated carbocycles. The zero-order valence-corrected chi connectivity index (χ0v) is 9.88. The molecule has 0 bridgehead atoms. The highest BCUT2D eigenvalue weighted by molar-refractivity contribution is 5.48. The zero-order chi connectivity index (χ0) is 12.3. The number of aromatic nitrogens is 2. The summed E-state index contributed by atoms with van der Waals surface area (Å²) in [5.41, 5.74) is 2.75. The van der Waals surface area contributed by atoms with Gasteiger partial charge in [0.05, 0.1) is 12.2 Å². The van der Waals surface area contributed by atoms with E-state index in [1.165, 1.54) is 0 Å². The van der Waals surface area contributed by atoms with E-state index in [9.17, 15) is 4.79 Å². The Hall–Kier alpha value is -2.10. The molecule has 0 aliphatic heterocycles. The van der Waals surface area contributed by atoms with Crippen molar-refractivity contribution < 1.29 is 9.53 Å². The number of carbonyl (C=O) groups is 1. The summed E-state index contributed by atoms with van der Waals surface area (Å²) < 4.78 is 6.76. The highest BCUT2D eigenvalue weighted by atomic mass is 16.5. The van der Waals surface area contributed by atoms with Gasteiger partial charge in [-0.15, -0.1) is 0 Å². The number of nitrogens with zero attached hydrogens (tertiary/aromatic N) is 2. The molecule has 0 amide bonds. The van der Waals surface area contributed by atoms with Gasteiger partial charge in [0, 0.05) is 0 Å². The molecule has 1 aromatic carbocycles. The lowest BCUT2D eigenvalue weighted by molar-refractivity contribution is -0.120. The number of rotatable bonds is 4. The first kappa shape index (κ1) is 11.4. The van der Waals surface area contributed by atoms with Gasteiger partial charge in [-0.3, -0.25) is 9.48 Å². The average molecular weight is 230 g/mol.